The van der Waals surface area contributed by atoms with Crippen LogP contribution in [0.15, 0.2) is 18.2 Å². The van der Waals surface area contributed by atoms with E-state index in [-0.39, 0.29) is 17.9 Å². The topological polar surface area (TPSA) is 49.4 Å². The summed E-state index contributed by atoms with van der Waals surface area (Å²) in [5, 5.41) is 2.94. The molecule has 2 rings (SSSR count). The van der Waals surface area contributed by atoms with Crippen LogP contribution in [-0.4, -0.2) is 29.8 Å². The van der Waals surface area contributed by atoms with Crippen molar-refractivity contribution >= 4 is 17.5 Å². The van der Waals surface area contributed by atoms with Gasteiger partial charge in [-0.2, -0.15) is 0 Å². The van der Waals surface area contributed by atoms with E-state index in [1.807, 2.05) is 13.8 Å². The largest absolute Gasteiger partial charge is 0.387 e. The van der Waals surface area contributed by atoms with E-state index in [1.165, 1.54) is 4.90 Å². The molecule has 16 heavy (non-hydrogen) atoms. The number of rotatable bonds is 2. The van der Waals surface area contributed by atoms with E-state index in [0.29, 0.717) is 16.8 Å². The first kappa shape index (κ1) is 10.7. The highest BCUT2D eigenvalue weighted by Gasteiger charge is 2.38. The van der Waals surface area contributed by atoms with Crippen LogP contribution < -0.4 is 5.32 Å². The minimum Gasteiger partial charge on any atom is -0.387 e. The minimum absolute atomic E-state index is 0.114. The number of carbonyl (C=O) groups excluding carboxylic acids is 2. The maximum Gasteiger partial charge on any atom is 0.263 e. The summed E-state index contributed by atoms with van der Waals surface area (Å²) in [6.45, 7) is 3.67. The summed E-state index contributed by atoms with van der Waals surface area (Å²) in [6.07, 6.45) is 0. The van der Waals surface area contributed by atoms with Crippen LogP contribution in [0.25, 0.3) is 0 Å². The molecular formula is C12H14N2O2. The fourth-order valence-corrected chi connectivity index (χ4v) is 1.98. The van der Waals surface area contributed by atoms with Crippen LogP contribution in [0.3, 0.4) is 0 Å². The standard InChI is InChI=1S/C12H14N2O2/c1-7(2)14-11(15)8-5-4-6-9(13-3)10(8)12(14)16/h4-7,13H,1-3H3. The monoisotopic (exact) mass is 218 g/mol. The number of nitrogens with zero attached hydrogens (tertiary/aromatic N) is 1. The van der Waals surface area contributed by atoms with E-state index in [9.17, 15) is 9.59 Å². The van der Waals surface area contributed by atoms with E-state index in [1.54, 1.807) is 25.2 Å². The molecule has 0 radical (unpaired) electrons. The normalized spacial score (nSPS) is 14.6. The number of hydrogen-bond donors (Lipinski definition) is 1. The second-order valence-corrected chi connectivity index (χ2v) is 4.05. The number of nitrogens with one attached hydrogen (secondary N) is 1. The predicted molar refractivity (Wildman–Crippen MR) is 61.6 cm³/mol. The van der Waals surface area contributed by atoms with Gasteiger partial charge in [0.15, 0.2) is 0 Å². The molecule has 0 aliphatic carbocycles. The lowest BCUT2D eigenvalue weighted by Gasteiger charge is -2.17. The zero-order valence-electron chi connectivity index (χ0n) is 9.57. The van der Waals surface area contributed by atoms with Crippen molar-refractivity contribution in [2.75, 3.05) is 12.4 Å². The number of imide groups is 1. The van der Waals surface area contributed by atoms with Crippen LogP contribution in [-0.2, 0) is 0 Å². The van der Waals surface area contributed by atoms with E-state index in [4.69, 9.17) is 0 Å². The van der Waals surface area contributed by atoms with E-state index in [2.05, 4.69) is 5.32 Å². The van der Waals surface area contributed by atoms with Crippen molar-refractivity contribution in [1.82, 2.24) is 4.90 Å². The molecule has 1 aromatic carbocycles. The van der Waals surface area contributed by atoms with Gasteiger partial charge in [0.05, 0.1) is 11.1 Å². The van der Waals surface area contributed by atoms with Gasteiger partial charge in [-0.1, -0.05) is 6.07 Å². The van der Waals surface area contributed by atoms with Gasteiger partial charge in [-0.25, -0.2) is 0 Å². The summed E-state index contributed by atoms with van der Waals surface area (Å²) in [5.74, 6) is -0.410. The van der Waals surface area contributed by atoms with Crippen molar-refractivity contribution in [1.29, 1.82) is 0 Å². The number of anilines is 1. The zero-order chi connectivity index (χ0) is 11.9. The van der Waals surface area contributed by atoms with Crippen LogP contribution in [0.2, 0.25) is 0 Å². The Morgan fingerprint density at radius 3 is 2.44 bits per heavy atom. The van der Waals surface area contributed by atoms with Gasteiger partial charge in [0.2, 0.25) is 0 Å². The van der Waals surface area contributed by atoms with Crippen molar-refractivity contribution < 1.29 is 9.59 Å². The molecule has 0 bridgehead atoms. The van der Waals surface area contributed by atoms with E-state index in [0.717, 1.165) is 0 Å². The number of amides is 2. The second kappa shape index (κ2) is 3.63. The molecule has 1 N–H and O–H groups in total. The van der Waals surface area contributed by atoms with Crippen molar-refractivity contribution in [3.63, 3.8) is 0 Å². The smallest absolute Gasteiger partial charge is 0.263 e. The van der Waals surface area contributed by atoms with Crippen molar-refractivity contribution in [3.05, 3.63) is 29.3 Å². The van der Waals surface area contributed by atoms with Crippen LogP contribution in [0.5, 0.6) is 0 Å². The molecule has 4 heteroatoms. The number of benzene rings is 1. The van der Waals surface area contributed by atoms with Gasteiger partial charge in [0.1, 0.15) is 0 Å². The van der Waals surface area contributed by atoms with Crippen molar-refractivity contribution in [3.8, 4) is 0 Å². The van der Waals surface area contributed by atoms with Gasteiger partial charge in [-0.05, 0) is 26.0 Å². The zero-order valence-corrected chi connectivity index (χ0v) is 9.57. The fraction of sp³-hybridized carbons (Fsp3) is 0.333. The Morgan fingerprint density at radius 2 is 1.88 bits per heavy atom. The van der Waals surface area contributed by atoms with Gasteiger partial charge in [-0.3, -0.25) is 14.5 Å². The molecule has 1 aliphatic rings. The summed E-state index contributed by atoms with van der Waals surface area (Å²) in [6, 6.07) is 5.16. The third kappa shape index (κ3) is 1.30. The lowest BCUT2D eigenvalue weighted by Crippen LogP contribution is -2.36. The van der Waals surface area contributed by atoms with Crippen LogP contribution in [0, 0.1) is 0 Å². The molecule has 0 fully saturated rings. The average molecular weight is 218 g/mol. The maximum absolute atomic E-state index is 12.1. The molecule has 0 saturated carbocycles. The molecule has 0 atom stereocenters. The second-order valence-electron chi connectivity index (χ2n) is 4.05. The summed E-state index contributed by atoms with van der Waals surface area (Å²) in [7, 11) is 1.74. The Bertz CT molecular complexity index is 466. The summed E-state index contributed by atoms with van der Waals surface area (Å²) in [5.41, 5.74) is 1.69. The van der Waals surface area contributed by atoms with Gasteiger partial charge in [0.25, 0.3) is 11.8 Å². The van der Waals surface area contributed by atoms with Crippen LogP contribution in [0.1, 0.15) is 34.6 Å². The third-order valence-corrected chi connectivity index (χ3v) is 2.73. The van der Waals surface area contributed by atoms with Crippen molar-refractivity contribution in [2.24, 2.45) is 0 Å². The summed E-state index contributed by atoms with van der Waals surface area (Å²) >= 11 is 0. The van der Waals surface area contributed by atoms with Gasteiger partial charge >= 0.3 is 0 Å². The molecule has 0 saturated heterocycles. The van der Waals surface area contributed by atoms with Crippen LogP contribution >= 0.6 is 0 Å². The van der Waals surface area contributed by atoms with E-state index < -0.39 is 0 Å². The SMILES string of the molecule is CNc1cccc2c1C(=O)N(C(C)C)C2=O. The van der Waals surface area contributed by atoms with Gasteiger partial charge < -0.3 is 5.32 Å². The molecule has 2 amide bonds. The third-order valence-electron chi connectivity index (χ3n) is 2.73. The summed E-state index contributed by atoms with van der Waals surface area (Å²) < 4.78 is 0. The molecule has 0 unspecified atom stereocenters. The lowest BCUT2D eigenvalue weighted by atomic mass is 10.1. The lowest BCUT2D eigenvalue weighted by molar-refractivity contribution is 0.0609. The highest BCUT2D eigenvalue weighted by molar-refractivity contribution is 6.23. The highest BCUT2D eigenvalue weighted by atomic mass is 16.2. The minimum atomic E-state index is -0.208. The molecule has 0 spiro atoms. The quantitative estimate of drug-likeness (QED) is 0.769. The molecular weight excluding hydrogens is 204 g/mol. The van der Waals surface area contributed by atoms with Gasteiger partial charge in [-0.15, -0.1) is 0 Å². The first-order valence-electron chi connectivity index (χ1n) is 5.26. The predicted octanol–water partition coefficient (Wildman–Crippen LogP) is 1.73. The first-order valence-corrected chi connectivity index (χ1v) is 5.26. The van der Waals surface area contributed by atoms with Gasteiger partial charge in [0, 0.05) is 18.8 Å². The number of fused-ring (bicyclic) bond motifs is 1. The molecule has 4 nitrogen and oxygen atoms in total. The average Bonchev–Trinajstić information content (AvgIpc) is 2.51. The Labute approximate surface area is 94.2 Å². The molecule has 1 aliphatic heterocycles. The first-order chi connectivity index (χ1) is 7.57. The maximum atomic E-state index is 12.1. The van der Waals surface area contributed by atoms with Crippen molar-refractivity contribution in [2.45, 2.75) is 19.9 Å². The molecule has 1 heterocycles. The Balaban J connectivity index is 2.60. The van der Waals surface area contributed by atoms with E-state index >= 15 is 0 Å². The number of carbonyl (C=O) groups is 2. The Kier molecular flexibility index (Phi) is 2.42. The Hall–Kier alpha value is -1.84. The number of hydrogen-bond acceptors (Lipinski definition) is 3. The van der Waals surface area contributed by atoms with Crippen LogP contribution in [0.4, 0.5) is 5.69 Å². The molecule has 0 aromatic heterocycles. The Morgan fingerprint density at radius 1 is 1.19 bits per heavy atom. The molecule has 84 valence electrons. The molecule has 1 aromatic rings. The highest BCUT2D eigenvalue weighted by Crippen LogP contribution is 2.30. The summed E-state index contributed by atoms with van der Waals surface area (Å²) in [4.78, 5) is 25.4. The fourth-order valence-electron chi connectivity index (χ4n) is 1.98.